The second-order valence-electron chi connectivity index (χ2n) is 4.96. The molecule has 2 saturated heterocycles. The summed E-state index contributed by atoms with van der Waals surface area (Å²) < 4.78 is 11.0. The van der Waals surface area contributed by atoms with Gasteiger partial charge < -0.3 is 9.47 Å². The van der Waals surface area contributed by atoms with Crippen LogP contribution in [0.25, 0.3) is 0 Å². The highest BCUT2D eigenvalue weighted by Crippen LogP contribution is 2.16. The first-order valence-electron chi connectivity index (χ1n) is 6.13. The fourth-order valence-electron chi connectivity index (χ4n) is 2.60. The molecule has 0 aromatic carbocycles. The van der Waals surface area contributed by atoms with Crippen molar-refractivity contribution in [3.8, 4) is 0 Å². The molecule has 2 aliphatic rings. The summed E-state index contributed by atoms with van der Waals surface area (Å²) in [7, 11) is 0. The number of carbonyl (C=O) groups excluding carboxylic acids is 1. The molecule has 0 aliphatic carbocycles. The van der Waals surface area contributed by atoms with Gasteiger partial charge in [0.1, 0.15) is 5.78 Å². The van der Waals surface area contributed by atoms with Crippen LogP contribution in [0.15, 0.2) is 0 Å². The lowest BCUT2D eigenvalue weighted by molar-refractivity contribution is -0.133. The van der Waals surface area contributed by atoms with E-state index in [1.54, 1.807) is 0 Å². The second-order valence-corrected chi connectivity index (χ2v) is 4.96. The van der Waals surface area contributed by atoms with Gasteiger partial charge in [0.25, 0.3) is 0 Å². The average molecular weight is 227 g/mol. The van der Waals surface area contributed by atoms with Gasteiger partial charge in [0.2, 0.25) is 0 Å². The van der Waals surface area contributed by atoms with E-state index in [-0.39, 0.29) is 18.1 Å². The lowest BCUT2D eigenvalue weighted by Gasteiger charge is -2.37. The van der Waals surface area contributed by atoms with Crippen molar-refractivity contribution < 1.29 is 14.3 Å². The van der Waals surface area contributed by atoms with Crippen molar-refractivity contribution >= 4 is 5.78 Å². The number of hydrogen-bond donors (Lipinski definition) is 0. The molecule has 0 N–H and O–H groups in total. The highest BCUT2D eigenvalue weighted by molar-refractivity contribution is 5.82. The Morgan fingerprint density at radius 1 is 1.31 bits per heavy atom. The Balaban J connectivity index is 1.85. The van der Waals surface area contributed by atoms with Crippen LogP contribution in [0.4, 0.5) is 0 Å². The number of morpholine rings is 1. The fourth-order valence-corrected chi connectivity index (χ4v) is 2.60. The highest BCUT2D eigenvalue weighted by Gasteiger charge is 2.29. The van der Waals surface area contributed by atoms with Crippen molar-refractivity contribution in [2.24, 2.45) is 5.92 Å². The van der Waals surface area contributed by atoms with Gasteiger partial charge in [-0.25, -0.2) is 0 Å². The van der Waals surface area contributed by atoms with Gasteiger partial charge in [0.05, 0.1) is 31.3 Å². The fraction of sp³-hybridized carbons (Fsp3) is 0.917. The molecule has 3 atom stereocenters. The van der Waals surface area contributed by atoms with E-state index in [1.807, 2.05) is 0 Å². The summed E-state index contributed by atoms with van der Waals surface area (Å²) in [4.78, 5) is 14.0. The van der Waals surface area contributed by atoms with Crippen LogP contribution in [-0.2, 0) is 14.3 Å². The number of carbonyl (C=O) groups is 1. The average Bonchev–Trinajstić information content (AvgIpc) is 2.20. The number of rotatable bonds is 2. The van der Waals surface area contributed by atoms with Gasteiger partial charge in [0, 0.05) is 26.1 Å². The van der Waals surface area contributed by atoms with Crippen LogP contribution in [0.1, 0.15) is 20.3 Å². The summed E-state index contributed by atoms with van der Waals surface area (Å²) in [6, 6.07) is 0. The Hall–Kier alpha value is -0.450. The summed E-state index contributed by atoms with van der Waals surface area (Å²) >= 11 is 0. The van der Waals surface area contributed by atoms with Gasteiger partial charge in [-0.15, -0.1) is 0 Å². The predicted molar refractivity (Wildman–Crippen MR) is 60.4 cm³/mol. The lowest BCUT2D eigenvalue weighted by atomic mass is 9.99. The third-order valence-electron chi connectivity index (χ3n) is 3.24. The first-order chi connectivity index (χ1) is 7.65. The molecule has 0 spiro atoms. The molecular formula is C12H21NO3. The maximum atomic E-state index is 11.7. The minimum Gasteiger partial charge on any atom is -0.380 e. The van der Waals surface area contributed by atoms with Crippen LogP contribution in [-0.4, -0.2) is 55.7 Å². The third-order valence-corrected chi connectivity index (χ3v) is 3.24. The summed E-state index contributed by atoms with van der Waals surface area (Å²) in [6.45, 7) is 8.05. The van der Waals surface area contributed by atoms with E-state index in [4.69, 9.17) is 9.47 Å². The number of nitrogens with zero attached hydrogens (tertiary/aromatic N) is 1. The normalized spacial score (nSPS) is 37.6. The molecule has 2 aliphatic heterocycles. The summed E-state index contributed by atoms with van der Waals surface area (Å²) in [6.07, 6.45) is 1.12. The number of ketones is 1. The van der Waals surface area contributed by atoms with Crippen molar-refractivity contribution in [2.75, 3.05) is 32.8 Å². The maximum absolute atomic E-state index is 11.7. The summed E-state index contributed by atoms with van der Waals surface area (Å²) in [5.41, 5.74) is 0. The molecule has 2 heterocycles. The van der Waals surface area contributed by atoms with Crippen molar-refractivity contribution in [3.05, 3.63) is 0 Å². The van der Waals surface area contributed by atoms with Gasteiger partial charge in [0.15, 0.2) is 0 Å². The van der Waals surface area contributed by atoms with Crippen molar-refractivity contribution in [2.45, 2.75) is 32.5 Å². The van der Waals surface area contributed by atoms with E-state index < -0.39 is 0 Å². The zero-order valence-electron chi connectivity index (χ0n) is 10.1. The first-order valence-corrected chi connectivity index (χ1v) is 6.13. The number of hydrogen-bond acceptors (Lipinski definition) is 4. The van der Waals surface area contributed by atoms with Gasteiger partial charge in [-0.05, 0) is 13.8 Å². The quantitative estimate of drug-likeness (QED) is 0.696. The molecular weight excluding hydrogens is 206 g/mol. The Labute approximate surface area is 96.9 Å². The minimum absolute atomic E-state index is 0.0752. The van der Waals surface area contributed by atoms with E-state index in [2.05, 4.69) is 18.7 Å². The monoisotopic (exact) mass is 227 g/mol. The molecule has 4 heteroatoms. The largest absolute Gasteiger partial charge is 0.380 e. The molecule has 92 valence electrons. The summed E-state index contributed by atoms with van der Waals surface area (Å²) in [5.74, 6) is 0.435. The van der Waals surface area contributed by atoms with Crippen molar-refractivity contribution in [1.82, 2.24) is 4.90 Å². The number of Topliss-reactive ketones (excluding diaryl/α,β-unsaturated/α-hetero) is 1. The molecule has 0 saturated carbocycles. The van der Waals surface area contributed by atoms with Crippen LogP contribution in [0.3, 0.4) is 0 Å². The van der Waals surface area contributed by atoms with E-state index in [0.717, 1.165) is 19.6 Å². The Bertz CT molecular complexity index is 247. The van der Waals surface area contributed by atoms with Crippen molar-refractivity contribution in [1.29, 1.82) is 0 Å². The van der Waals surface area contributed by atoms with E-state index in [1.165, 1.54) is 0 Å². The van der Waals surface area contributed by atoms with Gasteiger partial charge >= 0.3 is 0 Å². The molecule has 1 unspecified atom stereocenters. The van der Waals surface area contributed by atoms with Crippen LogP contribution < -0.4 is 0 Å². The molecule has 2 fully saturated rings. The Morgan fingerprint density at radius 2 is 2.00 bits per heavy atom. The zero-order valence-corrected chi connectivity index (χ0v) is 10.1. The molecule has 0 radical (unpaired) electrons. The topological polar surface area (TPSA) is 38.8 Å². The Morgan fingerprint density at radius 3 is 2.62 bits per heavy atom. The maximum Gasteiger partial charge on any atom is 0.141 e. The van der Waals surface area contributed by atoms with E-state index in [9.17, 15) is 4.79 Å². The molecule has 0 aromatic rings. The van der Waals surface area contributed by atoms with Crippen LogP contribution in [0, 0.1) is 5.92 Å². The lowest BCUT2D eigenvalue weighted by Crippen LogP contribution is -2.49. The smallest absolute Gasteiger partial charge is 0.141 e. The molecule has 0 bridgehead atoms. The van der Waals surface area contributed by atoms with Gasteiger partial charge in [-0.2, -0.15) is 0 Å². The molecule has 0 amide bonds. The number of ether oxygens (including phenoxy) is 2. The predicted octanol–water partition coefficient (Wildman–Crippen LogP) is 0.701. The first kappa shape index (κ1) is 12.0. The van der Waals surface area contributed by atoms with Crippen LogP contribution in [0.2, 0.25) is 0 Å². The molecule has 4 nitrogen and oxygen atoms in total. The summed E-state index contributed by atoms with van der Waals surface area (Å²) in [5, 5.41) is 0. The second kappa shape index (κ2) is 5.25. The highest BCUT2D eigenvalue weighted by atomic mass is 16.5. The zero-order chi connectivity index (χ0) is 11.5. The molecule has 16 heavy (non-hydrogen) atoms. The van der Waals surface area contributed by atoms with Gasteiger partial charge in [-0.1, -0.05) is 0 Å². The molecule has 2 rings (SSSR count). The molecule has 0 aromatic heterocycles. The minimum atomic E-state index is 0.0752. The van der Waals surface area contributed by atoms with Crippen molar-refractivity contribution in [3.63, 3.8) is 0 Å². The Kier molecular flexibility index (Phi) is 3.95. The van der Waals surface area contributed by atoms with Crippen LogP contribution >= 0.6 is 0 Å². The third kappa shape index (κ3) is 3.03. The van der Waals surface area contributed by atoms with Gasteiger partial charge in [-0.3, -0.25) is 9.69 Å². The SMILES string of the molecule is C[C@@H]1CN(CC2COCCC2=O)C[C@H](C)O1. The van der Waals surface area contributed by atoms with E-state index in [0.29, 0.717) is 25.4 Å². The van der Waals surface area contributed by atoms with Crippen LogP contribution in [0.5, 0.6) is 0 Å². The standard InChI is InChI=1S/C12H21NO3/c1-9-5-13(6-10(2)16-9)7-11-8-15-4-3-12(11)14/h9-11H,3-8H2,1-2H3/t9-,10+,11?. The van der Waals surface area contributed by atoms with E-state index >= 15 is 0 Å².